The fourth-order valence-electron chi connectivity index (χ4n) is 2.85. The number of thiocarbonyl (C=S) groups is 1. The van der Waals surface area contributed by atoms with Crippen molar-refractivity contribution in [1.29, 1.82) is 0 Å². The van der Waals surface area contributed by atoms with Crippen LogP contribution >= 0.6 is 28.1 Å². The summed E-state index contributed by atoms with van der Waals surface area (Å²) in [6, 6.07) is 4.73. The third-order valence-electron chi connectivity index (χ3n) is 4.17. The summed E-state index contributed by atoms with van der Waals surface area (Å²) in [5.41, 5.74) is 0.434. The maximum atomic E-state index is 14.3. The van der Waals surface area contributed by atoms with E-state index >= 15 is 0 Å². The van der Waals surface area contributed by atoms with E-state index in [1.54, 1.807) is 6.07 Å². The molecule has 1 aliphatic heterocycles. The van der Waals surface area contributed by atoms with E-state index in [2.05, 4.69) is 31.5 Å². The zero-order valence-corrected chi connectivity index (χ0v) is 16.2. The fraction of sp³-hybridized carbons (Fsp3) is 0.235. The molecule has 27 heavy (non-hydrogen) atoms. The van der Waals surface area contributed by atoms with Crippen LogP contribution in [0.2, 0.25) is 0 Å². The molecule has 2 aromatic rings. The lowest BCUT2D eigenvalue weighted by atomic mass is 9.92. The van der Waals surface area contributed by atoms with Crippen LogP contribution in [0.5, 0.6) is 0 Å². The molecule has 2 heterocycles. The van der Waals surface area contributed by atoms with Crippen molar-refractivity contribution in [2.45, 2.75) is 24.9 Å². The van der Waals surface area contributed by atoms with Crippen LogP contribution in [0.4, 0.5) is 19.0 Å². The van der Waals surface area contributed by atoms with Gasteiger partial charge in [0.15, 0.2) is 0 Å². The molecule has 0 bridgehead atoms. The van der Waals surface area contributed by atoms with Gasteiger partial charge in [-0.2, -0.15) is 0 Å². The van der Waals surface area contributed by atoms with Gasteiger partial charge in [0, 0.05) is 27.3 Å². The lowest BCUT2D eigenvalue weighted by molar-refractivity contribution is -0.197. The van der Waals surface area contributed by atoms with Gasteiger partial charge < -0.3 is 10.6 Å². The predicted molar refractivity (Wildman–Crippen MR) is 102 cm³/mol. The average Bonchev–Trinajstić information content (AvgIpc) is 2.63. The lowest BCUT2D eigenvalue weighted by Gasteiger charge is -2.33. The molecule has 3 rings (SSSR count). The largest absolute Gasteiger partial charge is 0.371 e. The van der Waals surface area contributed by atoms with Gasteiger partial charge in [-0.15, -0.1) is 8.96 Å². The van der Waals surface area contributed by atoms with E-state index in [1.807, 2.05) is 0 Å². The Morgan fingerprint density at radius 3 is 2.78 bits per heavy atom. The number of hydrogen-bond donors (Lipinski definition) is 2. The van der Waals surface area contributed by atoms with Gasteiger partial charge in [-0.25, -0.2) is 9.37 Å². The minimum atomic E-state index is -1.23. The lowest BCUT2D eigenvalue weighted by Crippen LogP contribution is -2.45. The molecule has 0 aliphatic carbocycles. The number of nitrogens with one attached hydrogen (secondary N) is 2. The highest BCUT2D eigenvalue weighted by atomic mass is 79.9. The molecule has 1 aromatic heterocycles. The Bertz CT molecular complexity index is 866. The van der Waals surface area contributed by atoms with Gasteiger partial charge in [0.2, 0.25) is 0 Å². The Labute approximate surface area is 167 Å². The maximum Gasteiger partial charge on any atom is 0.274 e. The summed E-state index contributed by atoms with van der Waals surface area (Å²) in [5.74, 6) is -1.16. The first-order valence-corrected chi connectivity index (χ1v) is 9.18. The van der Waals surface area contributed by atoms with Gasteiger partial charge in [-0.1, -0.05) is 12.2 Å². The van der Waals surface area contributed by atoms with Crippen molar-refractivity contribution >= 4 is 44.7 Å². The smallest absolute Gasteiger partial charge is 0.274 e. The summed E-state index contributed by atoms with van der Waals surface area (Å²) >= 11 is 8.29. The van der Waals surface area contributed by atoms with Gasteiger partial charge >= 0.3 is 0 Å². The van der Waals surface area contributed by atoms with E-state index < -0.39 is 29.2 Å². The Morgan fingerprint density at radius 2 is 2.11 bits per heavy atom. The highest BCUT2D eigenvalue weighted by molar-refractivity contribution is 9.10. The van der Waals surface area contributed by atoms with Crippen LogP contribution in [0.25, 0.3) is 0 Å². The van der Waals surface area contributed by atoms with Gasteiger partial charge in [-0.3, -0.25) is 4.79 Å². The van der Waals surface area contributed by atoms with Crippen LogP contribution in [-0.2, 0) is 0 Å². The number of amides is 1. The maximum absolute atomic E-state index is 14.3. The normalized spacial score (nSPS) is 19.7. The number of aromatic nitrogens is 1. The summed E-state index contributed by atoms with van der Waals surface area (Å²) in [6.07, 6.45) is 1.87. The number of piperidine rings is 1. The van der Waals surface area contributed by atoms with E-state index in [4.69, 9.17) is 12.2 Å². The second-order valence-corrected chi connectivity index (χ2v) is 7.37. The minimum absolute atomic E-state index is 0.00363. The van der Waals surface area contributed by atoms with E-state index in [0.717, 1.165) is 10.5 Å². The molecule has 1 saturated heterocycles. The molecule has 0 radical (unpaired) electrons. The summed E-state index contributed by atoms with van der Waals surface area (Å²) in [4.78, 5) is 16.7. The monoisotopic (exact) mass is 458 g/mol. The van der Waals surface area contributed by atoms with Crippen LogP contribution in [0.15, 0.2) is 41.0 Å². The quantitative estimate of drug-likeness (QED) is 0.524. The number of nitrogens with zero attached hydrogens (tertiary/aromatic N) is 2. The summed E-state index contributed by atoms with van der Waals surface area (Å²) in [5, 5.41) is 4.42. The number of carbonyl (C=O) groups excluding carboxylic acids is 1. The molecular formula is C17H14BrF3N4OS. The average molecular weight is 459 g/mol. The Balaban J connectivity index is 1.86. The van der Waals surface area contributed by atoms with Crippen molar-refractivity contribution in [2.75, 3.05) is 5.32 Å². The molecule has 0 spiro atoms. The number of anilines is 1. The van der Waals surface area contributed by atoms with Crippen LogP contribution < -0.4 is 10.6 Å². The van der Waals surface area contributed by atoms with E-state index in [-0.39, 0.29) is 23.4 Å². The van der Waals surface area contributed by atoms with Crippen molar-refractivity contribution in [3.05, 3.63) is 58.1 Å². The number of benzene rings is 1. The predicted octanol–water partition coefficient (Wildman–Crippen LogP) is 4.43. The first kappa shape index (κ1) is 19.7. The Hall–Kier alpha value is -2.04. The van der Waals surface area contributed by atoms with Crippen molar-refractivity contribution in [3.8, 4) is 0 Å². The van der Waals surface area contributed by atoms with Gasteiger partial charge in [0.25, 0.3) is 5.91 Å². The van der Waals surface area contributed by atoms with Crippen molar-refractivity contribution in [2.24, 2.45) is 0 Å². The number of halogens is 4. The zero-order chi connectivity index (χ0) is 19.6. The standard InChI is InChI=1S/C17H14BrF3N4OS/c18-9-1-4-13(22-8-9)17(26)23-10-2-3-12(19)11(7-10)16-14(25(20)21)5-6-15(27)24-16/h1-4,7-8,14,16H,5-6H2,(H,23,26)(H,24,27). The van der Waals surface area contributed by atoms with Gasteiger partial charge in [0.05, 0.1) is 17.1 Å². The highest BCUT2D eigenvalue weighted by Gasteiger charge is 2.35. The molecule has 1 amide bonds. The molecule has 2 N–H and O–H groups in total. The number of carbonyl (C=O) groups is 1. The molecule has 0 saturated carbocycles. The highest BCUT2D eigenvalue weighted by Crippen LogP contribution is 2.32. The molecule has 1 aliphatic rings. The molecule has 2 atom stereocenters. The molecule has 5 nitrogen and oxygen atoms in total. The summed E-state index contributed by atoms with van der Waals surface area (Å²) < 4.78 is 41.5. The SMILES string of the molecule is O=C(Nc1ccc(F)c(C2NC(=S)CCC2N(F)F)c1)c1ccc(Br)cn1. The van der Waals surface area contributed by atoms with Gasteiger partial charge in [0.1, 0.15) is 11.5 Å². The molecular weight excluding hydrogens is 445 g/mol. The summed E-state index contributed by atoms with van der Waals surface area (Å²) in [7, 11) is 0. The summed E-state index contributed by atoms with van der Waals surface area (Å²) in [6.45, 7) is 0. The number of pyridine rings is 1. The topological polar surface area (TPSA) is 57.3 Å². The third-order valence-corrected chi connectivity index (χ3v) is 4.96. The van der Waals surface area contributed by atoms with Crippen molar-refractivity contribution < 1.29 is 18.1 Å². The number of hydrogen-bond acceptors (Lipinski definition) is 4. The second-order valence-electron chi connectivity index (χ2n) is 5.96. The van der Waals surface area contributed by atoms with Crippen LogP contribution in [0, 0.1) is 5.82 Å². The third kappa shape index (κ3) is 4.63. The van der Waals surface area contributed by atoms with Gasteiger partial charge in [-0.05, 0) is 59.1 Å². The van der Waals surface area contributed by atoms with E-state index in [1.165, 1.54) is 24.4 Å². The Kier molecular flexibility index (Phi) is 6.08. The van der Waals surface area contributed by atoms with Crippen LogP contribution in [0.1, 0.15) is 34.9 Å². The van der Waals surface area contributed by atoms with Crippen molar-refractivity contribution in [1.82, 2.24) is 15.6 Å². The first-order chi connectivity index (χ1) is 12.8. The first-order valence-electron chi connectivity index (χ1n) is 7.97. The molecule has 10 heteroatoms. The second kappa shape index (κ2) is 8.32. The Morgan fingerprint density at radius 1 is 1.33 bits per heavy atom. The fourth-order valence-corrected chi connectivity index (χ4v) is 3.33. The molecule has 1 fully saturated rings. The molecule has 1 aromatic carbocycles. The van der Waals surface area contributed by atoms with Crippen LogP contribution in [0.3, 0.4) is 0 Å². The van der Waals surface area contributed by atoms with E-state index in [9.17, 15) is 18.1 Å². The minimum Gasteiger partial charge on any atom is -0.371 e. The van der Waals surface area contributed by atoms with E-state index in [0.29, 0.717) is 11.4 Å². The number of rotatable bonds is 4. The van der Waals surface area contributed by atoms with Crippen LogP contribution in [-0.4, -0.2) is 27.3 Å². The molecule has 2 unspecified atom stereocenters. The zero-order valence-electron chi connectivity index (χ0n) is 13.8. The molecule has 142 valence electrons. The van der Waals surface area contributed by atoms with Crippen molar-refractivity contribution in [3.63, 3.8) is 0 Å².